The van der Waals surface area contributed by atoms with E-state index in [1.807, 2.05) is 31.2 Å². The predicted octanol–water partition coefficient (Wildman–Crippen LogP) is 2.89. The van der Waals surface area contributed by atoms with Crippen LogP contribution in [0.4, 0.5) is 17.6 Å². The number of nitrogens with zero attached hydrogens (tertiary/aromatic N) is 5. The Labute approximate surface area is 192 Å². The van der Waals surface area contributed by atoms with Gasteiger partial charge in [0.1, 0.15) is 15.5 Å². The molecule has 0 fully saturated rings. The third kappa shape index (κ3) is 3.91. The summed E-state index contributed by atoms with van der Waals surface area (Å²) in [4.78, 5) is 43.6. The number of benzene rings is 1. The van der Waals surface area contributed by atoms with Gasteiger partial charge in [-0.3, -0.25) is 9.36 Å². The van der Waals surface area contributed by atoms with Crippen molar-refractivity contribution in [3.8, 4) is 0 Å². The molecule has 10 nitrogen and oxygen atoms in total. The Bertz CT molecular complexity index is 1460. The summed E-state index contributed by atoms with van der Waals surface area (Å²) >= 11 is 1.17. The van der Waals surface area contributed by atoms with E-state index in [0.717, 1.165) is 29.9 Å². The summed E-state index contributed by atoms with van der Waals surface area (Å²) < 4.78 is 7.14. The van der Waals surface area contributed by atoms with Crippen molar-refractivity contribution in [1.82, 2.24) is 24.5 Å². The lowest BCUT2D eigenvalue weighted by Crippen LogP contribution is -2.20. The number of aromatic nitrogens is 5. The van der Waals surface area contributed by atoms with E-state index in [1.165, 1.54) is 11.3 Å². The summed E-state index contributed by atoms with van der Waals surface area (Å²) in [6.07, 6.45) is 1.67. The average Bonchev–Trinajstić information content (AvgIpc) is 3.38. The molecule has 11 heteroatoms. The van der Waals surface area contributed by atoms with Crippen molar-refractivity contribution in [3.05, 3.63) is 62.3 Å². The number of aryl methyl sites for hydroxylation is 3. The van der Waals surface area contributed by atoms with Crippen LogP contribution in [0.1, 0.15) is 38.9 Å². The van der Waals surface area contributed by atoms with Gasteiger partial charge in [-0.1, -0.05) is 18.2 Å². The molecule has 0 aliphatic carbocycles. The predicted molar refractivity (Wildman–Crippen MR) is 125 cm³/mol. The zero-order valence-electron chi connectivity index (χ0n) is 18.1. The smallest absolute Gasteiger partial charge is 0.349 e. The number of nitrogen functional groups attached to an aromatic ring is 1. The second-order valence-corrected chi connectivity index (χ2v) is 8.77. The van der Waals surface area contributed by atoms with Gasteiger partial charge in [0.25, 0.3) is 5.56 Å². The number of anilines is 3. The number of hydrogen-bond donors (Lipinski definition) is 2. The molecular formula is C22H21N7O3S. The van der Waals surface area contributed by atoms with Crippen molar-refractivity contribution in [1.29, 1.82) is 0 Å². The van der Waals surface area contributed by atoms with Crippen molar-refractivity contribution in [2.24, 2.45) is 0 Å². The Morgan fingerprint density at radius 2 is 2.03 bits per heavy atom. The third-order valence-electron chi connectivity index (χ3n) is 5.52. The Kier molecular flexibility index (Phi) is 5.25. The number of fused-ring (bicyclic) bond motifs is 2. The van der Waals surface area contributed by atoms with Crippen LogP contribution in [-0.2, 0) is 24.3 Å². The van der Waals surface area contributed by atoms with Gasteiger partial charge < -0.3 is 15.8 Å². The molecule has 0 amide bonds. The lowest BCUT2D eigenvalue weighted by atomic mass is 10.2. The molecule has 3 aromatic heterocycles. The zero-order valence-corrected chi connectivity index (χ0v) is 18.9. The van der Waals surface area contributed by atoms with E-state index < -0.39 is 5.97 Å². The Morgan fingerprint density at radius 1 is 1.21 bits per heavy atom. The molecule has 3 N–H and O–H groups in total. The molecule has 0 spiro atoms. The normalized spacial score (nSPS) is 12.7. The molecular weight excluding hydrogens is 442 g/mol. The summed E-state index contributed by atoms with van der Waals surface area (Å²) in [6, 6.07) is 7.68. The lowest BCUT2D eigenvalue weighted by molar-refractivity contribution is 0.0467. The van der Waals surface area contributed by atoms with Gasteiger partial charge in [0.15, 0.2) is 12.4 Å². The van der Waals surface area contributed by atoms with Crippen LogP contribution in [0.5, 0.6) is 0 Å². The first-order valence-corrected chi connectivity index (χ1v) is 11.3. The maximum atomic E-state index is 12.8. The van der Waals surface area contributed by atoms with Gasteiger partial charge in [-0.15, -0.1) is 11.3 Å². The number of nitrogens with two attached hydrogens (primary N) is 1. The topological polar surface area (TPSA) is 138 Å². The number of hydrogen-bond acceptors (Lipinski definition) is 10. The van der Waals surface area contributed by atoms with E-state index in [9.17, 15) is 9.59 Å². The highest BCUT2D eigenvalue weighted by Crippen LogP contribution is 2.29. The first-order valence-electron chi connectivity index (χ1n) is 10.4. The molecule has 4 heterocycles. The highest BCUT2D eigenvalue weighted by Gasteiger charge is 2.24. The van der Waals surface area contributed by atoms with Gasteiger partial charge in [0, 0.05) is 18.7 Å². The molecule has 0 atom stereocenters. The minimum atomic E-state index is -0.563. The highest BCUT2D eigenvalue weighted by molar-refractivity contribution is 7.20. The molecule has 0 bridgehead atoms. The molecule has 5 rings (SSSR count). The van der Waals surface area contributed by atoms with Gasteiger partial charge in [-0.2, -0.15) is 15.0 Å². The summed E-state index contributed by atoms with van der Waals surface area (Å²) in [5, 5.41) is 3.58. The number of thiophene rings is 1. The summed E-state index contributed by atoms with van der Waals surface area (Å²) in [6.45, 7) is 4.17. The fourth-order valence-corrected chi connectivity index (χ4v) is 4.94. The fraction of sp³-hybridized carbons (Fsp3) is 0.273. The van der Waals surface area contributed by atoms with Crippen LogP contribution in [0.2, 0.25) is 0 Å². The molecule has 0 unspecified atom stereocenters. The zero-order chi connectivity index (χ0) is 23.1. The van der Waals surface area contributed by atoms with Crippen LogP contribution in [0, 0.1) is 13.8 Å². The minimum Gasteiger partial charge on any atom is -0.453 e. The summed E-state index contributed by atoms with van der Waals surface area (Å²) in [5.74, 6) is 0.683. The van der Waals surface area contributed by atoms with E-state index in [0.29, 0.717) is 27.2 Å². The van der Waals surface area contributed by atoms with Crippen molar-refractivity contribution in [3.63, 3.8) is 0 Å². The number of esters is 1. The Morgan fingerprint density at radius 3 is 2.85 bits per heavy atom. The maximum absolute atomic E-state index is 12.8. The van der Waals surface area contributed by atoms with E-state index in [2.05, 4.69) is 25.3 Å². The fourth-order valence-electron chi connectivity index (χ4n) is 3.86. The molecule has 168 valence electrons. The van der Waals surface area contributed by atoms with Crippen LogP contribution in [0.3, 0.4) is 0 Å². The van der Waals surface area contributed by atoms with Gasteiger partial charge in [0.2, 0.25) is 11.9 Å². The van der Waals surface area contributed by atoms with Crippen LogP contribution < -0.4 is 16.6 Å². The molecule has 1 aliphatic rings. The third-order valence-corrected chi connectivity index (χ3v) is 6.69. The van der Waals surface area contributed by atoms with Crippen LogP contribution in [0.15, 0.2) is 29.1 Å². The second kappa shape index (κ2) is 8.24. The van der Waals surface area contributed by atoms with E-state index in [-0.39, 0.29) is 29.9 Å². The largest absolute Gasteiger partial charge is 0.453 e. The Balaban J connectivity index is 1.36. The number of carbonyl (C=O) groups is 1. The lowest BCUT2D eigenvalue weighted by Gasteiger charge is -2.09. The van der Waals surface area contributed by atoms with Gasteiger partial charge in [-0.05, 0) is 37.5 Å². The number of ether oxygens (including phenoxy) is 1. The van der Waals surface area contributed by atoms with Crippen LogP contribution in [0.25, 0.3) is 10.2 Å². The van der Waals surface area contributed by atoms with Gasteiger partial charge >= 0.3 is 5.97 Å². The van der Waals surface area contributed by atoms with Crippen LogP contribution in [-0.4, -0.2) is 30.5 Å². The monoisotopic (exact) mass is 463 g/mol. The van der Waals surface area contributed by atoms with Crippen molar-refractivity contribution in [2.45, 2.75) is 39.8 Å². The molecule has 0 saturated carbocycles. The quantitative estimate of drug-likeness (QED) is 0.428. The van der Waals surface area contributed by atoms with E-state index >= 15 is 0 Å². The first-order chi connectivity index (χ1) is 15.9. The number of rotatable bonds is 5. The molecule has 33 heavy (non-hydrogen) atoms. The molecule has 0 radical (unpaired) electrons. The molecule has 1 aliphatic heterocycles. The summed E-state index contributed by atoms with van der Waals surface area (Å²) in [5.41, 5.74) is 8.15. The molecule has 4 aromatic rings. The van der Waals surface area contributed by atoms with Gasteiger partial charge in [-0.25, -0.2) is 9.78 Å². The van der Waals surface area contributed by atoms with Crippen LogP contribution >= 0.6 is 11.3 Å². The number of carbonyl (C=O) groups excluding carboxylic acids is 1. The van der Waals surface area contributed by atoms with Crippen molar-refractivity contribution >= 4 is 45.1 Å². The average molecular weight is 464 g/mol. The highest BCUT2D eigenvalue weighted by atomic mass is 32.1. The number of para-hydroxylation sites is 1. The minimum absolute atomic E-state index is 0.0110. The molecule has 0 saturated heterocycles. The summed E-state index contributed by atoms with van der Waals surface area (Å²) in [7, 11) is 0. The van der Waals surface area contributed by atoms with Crippen molar-refractivity contribution in [2.75, 3.05) is 11.1 Å². The van der Waals surface area contributed by atoms with E-state index in [4.69, 9.17) is 10.5 Å². The Hall–Kier alpha value is -3.86. The maximum Gasteiger partial charge on any atom is 0.349 e. The van der Waals surface area contributed by atoms with Gasteiger partial charge in [0.05, 0.1) is 5.39 Å². The van der Waals surface area contributed by atoms with Crippen molar-refractivity contribution < 1.29 is 9.53 Å². The standard InChI is InChI=1S/C22H21N7O3S/c1-11-6-3-4-7-13(11)24-22-26-14(25-21(23)28-22)10-32-20(31)17-12(2)16-18(33-17)27-15-8-5-9-29(15)19(16)30/h3-4,6-7H,5,8-10H2,1-2H3,(H3,23,24,25,26,28). The first kappa shape index (κ1) is 21.0. The number of nitrogens with one attached hydrogen (secondary N) is 1. The SMILES string of the molecule is Cc1ccccc1Nc1nc(N)nc(COC(=O)c2sc3nc4n(c(=O)c3c2C)CCC4)n1. The second-order valence-electron chi connectivity index (χ2n) is 7.77. The van der Waals surface area contributed by atoms with E-state index in [1.54, 1.807) is 11.5 Å². The molecule has 1 aromatic carbocycles.